The largest absolute Gasteiger partial charge is 0.399 e. The minimum absolute atomic E-state index is 0.271. The standard InChI is InChI=1S/C12H10FNO2S/c13-17(15,16)12-7-6-10(14)8-11(12)9-4-2-1-3-5-9/h1-8H,14H2. The van der Waals surface area contributed by atoms with Crippen LogP contribution in [0.1, 0.15) is 0 Å². The van der Waals surface area contributed by atoms with E-state index in [0.717, 1.165) is 0 Å². The highest BCUT2D eigenvalue weighted by Crippen LogP contribution is 2.30. The number of hydrogen-bond donors (Lipinski definition) is 1. The van der Waals surface area contributed by atoms with Crippen LogP contribution in [0.5, 0.6) is 0 Å². The molecule has 5 heteroatoms. The average Bonchev–Trinajstić information content (AvgIpc) is 2.28. The third-order valence-corrected chi connectivity index (χ3v) is 3.23. The second-order valence-electron chi connectivity index (χ2n) is 3.56. The molecule has 0 bridgehead atoms. The van der Waals surface area contributed by atoms with Gasteiger partial charge < -0.3 is 5.73 Å². The molecule has 0 radical (unpaired) electrons. The molecule has 0 aromatic heterocycles. The summed E-state index contributed by atoms with van der Waals surface area (Å²) >= 11 is 0. The van der Waals surface area contributed by atoms with E-state index in [0.29, 0.717) is 11.3 Å². The number of halogens is 1. The van der Waals surface area contributed by atoms with Crippen LogP contribution in [0, 0.1) is 0 Å². The second-order valence-corrected chi connectivity index (χ2v) is 4.87. The summed E-state index contributed by atoms with van der Waals surface area (Å²) in [6.45, 7) is 0. The van der Waals surface area contributed by atoms with E-state index >= 15 is 0 Å². The van der Waals surface area contributed by atoms with Crippen molar-refractivity contribution in [3.8, 4) is 11.1 Å². The van der Waals surface area contributed by atoms with Crippen LogP contribution in [0.4, 0.5) is 9.57 Å². The van der Waals surface area contributed by atoms with E-state index in [4.69, 9.17) is 5.73 Å². The van der Waals surface area contributed by atoms with Crippen LogP contribution >= 0.6 is 0 Å². The van der Waals surface area contributed by atoms with Crippen LogP contribution in [-0.4, -0.2) is 8.42 Å². The van der Waals surface area contributed by atoms with Crippen LogP contribution in [0.15, 0.2) is 53.4 Å². The molecule has 0 aliphatic carbocycles. The molecule has 2 aromatic carbocycles. The van der Waals surface area contributed by atoms with E-state index < -0.39 is 10.2 Å². The van der Waals surface area contributed by atoms with Crippen molar-refractivity contribution >= 4 is 15.9 Å². The van der Waals surface area contributed by atoms with Crippen molar-refractivity contribution in [2.24, 2.45) is 0 Å². The van der Waals surface area contributed by atoms with E-state index in [1.54, 1.807) is 30.3 Å². The summed E-state index contributed by atoms with van der Waals surface area (Å²) in [7, 11) is -4.75. The maximum atomic E-state index is 13.1. The van der Waals surface area contributed by atoms with Crippen molar-refractivity contribution in [1.82, 2.24) is 0 Å². The highest BCUT2D eigenvalue weighted by atomic mass is 32.3. The Balaban J connectivity index is 2.72. The van der Waals surface area contributed by atoms with Gasteiger partial charge in [-0.3, -0.25) is 0 Å². The molecule has 88 valence electrons. The Bertz CT molecular complexity index is 639. The average molecular weight is 251 g/mol. The van der Waals surface area contributed by atoms with Gasteiger partial charge in [0.15, 0.2) is 0 Å². The van der Waals surface area contributed by atoms with Crippen LogP contribution in [0.25, 0.3) is 11.1 Å². The van der Waals surface area contributed by atoms with E-state index in [2.05, 4.69) is 0 Å². The normalized spacial score (nSPS) is 11.4. The first kappa shape index (κ1) is 11.6. The molecular formula is C12H10FNO2S. The molecule has 2 aromatic rings. The highest BCUT2D eigenvalue weighted by Gasteiger charge is 2.18. The summed E-state index contributed by atoms with van der Waals surface area (Å²) < 4.78 is 35.2. The summed E-state index contributed by atoms with van der Waals surface area (Å²) in [6.07, 6.45) is 0. The summed E-state index contributed by atoms with van der Waals surface area (Å²) in [5.74, 6) is 0. The van der Waals surface area contributed by atoms with Crippen molar-refractivity contribution in [3.63, 3.8) is 0 Å². The predicted octanol–water partition coefficient (Wildman–Crippen LogP) is 2.59. The Morgan fingerprint density at radius 3 is 2.24 bits per heavy atom. The quantitative estimate of drug-likeness (QED) is 0.659. The lowest BCUT2D eigenvalue weighted by atomic mass is 10.1. The van der Waals surface area contributed by atoms with Gasteiger partial charge >= 0.3 is 10.2 Å². The third kappa shape index (κ3) is 2.45. The van der Waals surface area contributed by atoms with Crippen LogP contribution in [0.3, 0.4) is 0 Å². The second kappa shape index (κ2) is 4.18. The van der Waals surface area contributed by atoms with E-state index in [1.807, 2.05) is 0 Å². The topological polar surface area (TPSA) is 60.2 Å². The minimum atomic E-state index is -4.75. The molecule has 0 aliphatic rings. The fourth-order valence-electron chi connectivity index (χ4n) is 1.60. The number of rotatable bonds is 2. The Morgan fingerprint density at radius 1 is 1.00 bits per heavy atom. The van der Waals surface area contributed by atoms with Gasteiger partial charge in [0.05, 0.1) is 0 Å². The number of anilines is 1. The maximum absolute atomic E-state index is 13.1. The molecular weight excluding hydrogens is 241 g/mol. The Kier molecular flexibility index (Phi) is 2.85. The molecule has 17 heavy (non-hydrogen) atoms. The maximum Gasteiger partial charge on any atom is 0.332 e. The summed E-state index contributed by atoms with van der Waals surface area (Å²) in [4.78, 5) is -0.363. The van der Waals surface area contributed by atoms with Gasteiger partial charge in [-0.05, 0) is 23.8 Å². The molecule has 0 heterocycles. The van der Waals surface area contributed by atoms with Gasteiger partial charge in [0.25, 0.3) is 0 Å². The third-order valence-electron chi connectivity index (χ3n) is 2.35. The summed E-state index contributed by atoms with van der Waals surface area (Å²) in [5.41, 5.74) is 6.86. The first-order valence-electron chi connectivity index (χ1n) is 4.88. The molecule has 0 atom stereocenters. The van der Waals surface area contributed by atoms with Crippen molar-refractivity contribution in [1.29, 1.82) is 0 Å². The van der Waals surface area contributed by atoms with Gasteiger partial charge in [-0.15, -0.1) is 3.89 Å². The molecule has 0 saturated carbocycles. The van der Waals surface area contributed by atoms with Crippen molar-refractivity contribution in [2.45, 2.75) is 4.90 Å². The first-order chi connectivity index (χ1) is 7.98. The molecule has 2 rings (SSSR count). The Labute approximate surface area is 98.9 Å². The van der Waals surface area contributed by atoms with Gasteiger partial charge in [-0.25, -0.2) is 0 Å². The summed E-state index contributed by atoms with van der Waals surface area (Å²) in [6, 6.07) is 12.7. The number of benzene rings is 2. The summed E-state index contributed by atoms with van der Waals surface area (Å²) in [5, 5.41) is 0. The lowest BCUT2D eigenvalue weighted by molar-refractivity contribution is 0.552. The number of nitrogen functional groups attached to an aromatic ring is 1. The molecule has 0 fully saturated rings. The van der Waals surface area contributed by atoms with Crippen LogP contribution in [-0.2, 0) is 10.2 Å². The zero-order chi connectivity index (χ0) is 12.5. The minimum Gasteiger partial charge on any atom is -0.399 e. The van der Waals surface area contributed by atoms with Gasteiger partial charge in [-0.2, -0.15) is 8.42 Å². The molecule has 2 N–H and O–H groups in total. The molecule has 0 aliphatic heterocycles. The fourth-order valence-corrected chi connectivity index (χ4v) is 2.27. The zero-order valence-electron chi connectivity index (χ0n) is 8.80. The number of hydrogen-bond acceptors (Lipinski definition) is 3. The lowest BCUT2D eigenvalue weighted by Crippen LogP contribution is -1.97. The zero-order valence-corrected chi connectivity index (χ0v) is 9.62. The SMILES string of the molecule is Nc1ccc(S(=O)(=O)F)c(-c2ccccc2)c1. The molecule has 0 unspecified atom stereocenters. The van der Waals surface area contributed by atoms with Gasteiger partial charge in [0, 0.05) is 11.3 Å². The lowest BCUT2D eigenvalue weighted by Gasteiger charge is -2.07. The van der Waals surface area contributed by atoms with Gasteiger partial charge in [0.1, 0.15) is 4.90 Å². The fraction of sp³-hybridized carbons (Fsp3) is 0. The monoisotopic (exact) mass is 251 g/mol. The van der Waals surface area contributed by atoms with E-state index in [9.17, 15) is 12.3 Å². The Morgan fingerprint density at radius 2 is 1.65 bits per heavy atom. The van der Waals surface area contributed by atoms with Gasteiger partial charge in [0.2, 0.25) is 0 Å². The van der Waals surface area contributed by atoms with Gasteiger partial charge in [-0.1, -0.05) is 30.3 Å². The Hall–Kier alpha value is -1.88. The highest BCUT2D eigenvalue weighted by molar-refractivity contribution is 7.86. The predicted molar refractivity (Wildman–Crippen MR) is 64.6 cm³/mol. The van der Waals surface area contributed by atoms with Crippen molar-refractivity contribution in [2.75, 3.05) is 5.73 Å². The van der Waals surface area contributed by atoms with Crippen LogP contribution in [0.2, 0.25) is 0 Å². The molecule has 0 spiro atoms. The molecule has 0 saturated heterocycles. The van der Waals surface area contributed by atoms with E-state index in [1.165, 1.54) is 18.2 Å². The number of nitrogens with two attached hydrogens (primary N) is 1. The molecule has 0 amide bonds. The van der Waals surface area contributed by atoms with E-state index in [-0.39, 0.29) is 10.5 Å². The first-order valence-corrected chi connectivity index (χ1v) is 6.26. The smallest absolute Gasteiger partial charge is 0.332 e. The van der Waals surface area contributed by atoms with Crippen molar-refractivity contribution < 1.29 is 12.3 Å². The molecule has 3 nitrogen and oxygen atoms in total. The van der Waals surface area contributed by atoms with Crippen molar-refractivity contribution in [3.05, 3.63) is 48.5 Å². The van der Waals surface area contributed by atoms with Crippen LogP contribution < -0.4 is 5.73 Å².